The van der Waals surface area contributed by atoms with Crippen LogP contribution in [0.2, 0.25) is 0 Å². The van der Waals surface area contributed by atoms with E-state index in [1.54, 1.807) is 18.7 Å². The van der Waals surface area contributed by atoms with Gasteiger partial charge in [-0.05, 0) is 34.1 Å². The Morgan fingerprint density at radius 1 is 1.00 bits per heavy atom. The summed E-state index contributed by atoms with van der Waals surface area (Å²) >= 11 is 0. The zero-order valence-corrected chi connectivity index (χ0v) is 13.5. The molecular weight excluding hydrogens is 250 g/mol. The lowest BCUT2D eigenvalue weighted by molar-refractivity contribution is -0.102. The van der Waals surface area contributed by atoms with E-state index >= 15 is 0 Å². The lowest BCUT2D eigenvalue weighted by Crippen LogP contribution is -2.56. The maximum Gasteiger partial charge on any atom is 0.339 e. The Labute approximate surface area is 113 Å². The highest BCUT2D eigenvalue weighted by Gasteiger charge is 2.35. The summed E-state index contributed by atoms with van der Waals surface area (Å²) < 4.78 is 11.5. The molecule has 0 aliphatic rings. The fourth-order valence-electron chi connectivity index (χ4n) is 2.19. The van der Waals surface area contributed by atoms with Gasteiger partial charge in [0.1, 0.15) is 12.5 Å². The molecule has 0 saturated heterocycles. The first kappa shape index (κ1) is 18.0. The monoisotopic (exact) mass is 279 g/mol. The average molecular weight is 279 g/mol. The standard InChI is InChI=1S/C12H29NO4Si/c1-6-9-12(13(10(4)14)11(5)15)18(16-7-2)17-8-3/h10-12,14-15,18H,6-9H2,1-5H3. The number of nitrogens with zero attached hydrogens (tertiary/aromatic N) is 1. The van der Waals surface area contributed by atoms with E-state index in [4.69, 9.17) is 8.85 Å². The van der Waals surface area contributed by atoms with Gasteiger partial charge in [-0.3, -0.25) is 0 Å². The Kier molecular flexibility index (Phi) is 9.89. The molecule has 0 spiro atoms. The molecule has 0 aliphatic heterocycles. The van der Waals surface area contributed by atoms with Crippen molar-refractivity contribution in [1.82, 2.24) is 4.90 Å². The second-order valence-electron chi connectivity index (χ2n) is 4.35. The van der Waals surface area contributed by atoms with Crippen molar-refractivity contribution in [3.63, 3.8) is 0 Å². The third-order valence-electron chi connectivity index (χ3n) is 2.81. The van der Waals surface area contributed by atoms with Gasteiger partial charge in [0.15, 0.2) is 0 Å². The van der Waals surface area contributed by atoms with Gasteiger partial charge >= 0.3 is 9.28 Å². The molecule has 0 aliphatic carbocycles. The first-order valence-corrected chi connectivity index (χ1v) is 8.47. The van der Waals surface area contributed by atoms with Crippen molar-refractivity contribution in [2.24, 2.45) is 0 Å². The molecule has 0 aromatic rings. The maximum atomic E-state index is 9.84. The molecule has 0 amide bonds. The van der Waals surface area contributed by atoms with Crippen LogP contribution in [-0.4, -0.2) is 55.7 Å². The van der Waals surface area contributed by atoms with Crippen LogP contribution in [0.1, 0.15) is 47.5 Å². The predicted molar refractivity (Wildman–Crippen MR) is 74.3 cm³/mol. The Bertz CT molecular complexity index is 191. The first-order valence-electron chi connectivity index (χ1n) is 6.86. The molecular formula is C12H29NO4Si. The summed E-state index contributed by atoms with van der Waals surface area (Å²) in [6, 6.07) is 0. The van der Waals surface area contributed by atoms with Crippen molar-refractivity contribution in [3.8, 4) is 0 Å². The van der Waals surface area contributed by atoms with E-state index in [9.17, 15) is 10.2 Å². The number of hydrogen-bond acceptors (Lipinski definition) is 5. The highest BCUT2D eigenvalue weighted by Crippen LogP contribution is 2.17. The van der Waals surface area contributed by atoms with Gasteiger partial charge in [0.05, 0.1) is 5.67 Å². The van der Waals surface area contributed by atoms with Crippen molar-refractivity contribution in [2.45, 2.75) is 65.6 Å². The molecule has 3 atom stereocenters. The highest BCUT2D eigenvalue weighted by atomic mass is 28.3. The zero-order chi connectivity index (χ0) is 14.1. The molecule has 110 valence electrons. The molecule has 5 nitrogen and oxygen atoms in total. The van der Waals surface area contributed by atoms with Crippen molar-refractivity contribution < 1.29 is 19.1 Å². The molecule has 18 heavy (non-hydrogen) atoms. The van der Waals surface area contributed by atoms with E-state index in [0.717, 1.165) is 12.8 Å². The molecule has 0 aromatic carbocycles. The van der Waals surface area contributed by atoms with Crippen LogP contribution in [0.5, 0.6) is 0 Å². The van der Waals surface area contributed by atoms with Crippen LogP contribution in [0.4, 0.5) is 0 Å². The number of aliphatic hydroxyl groups excluding tert-OH is 2. The molecule has 0 bridgehead atoms. The Morgan fingerprint density at radius 2 is 1.44 bits per heavy atom. The highest BCUT2D eigenvalue weighted by molar-refractivity contribution is 6.46. The summed E-state index contributed by atoms with van der Waals surface area (Å²) in [6.45, 7) is 10.5. The second kappa shape index (κ2) is 9.88. The summed E-state index contributed by atoms with van der Waals surface area (Å²) in [5.74, 6) is 0. The van der Waals surface area contributed by atoms with E-state index in [0.29, 0.717) is 13.2 Å². The van der Waals surface area contributed by atoms with Crippen LogP contribution in [0, 0.1) is 0 Å². The van der Waals surface area contributed by atoms with Crippen LogP contribution in [0.3, 0.4) is 0 Å². The molecule has 6 heteroatoms. The summed E-state index contributed by atoms with van der Waals surface area (Å²) in [5, 5.41) is 19.7. The maximum absolute atomic E-state index is 9.84. The fourth-order valence-corrected chi connectivity index (χ4v) is 4.77. The summed E-state index contributed by atoms with van der Waals surface area (Å²) in [4.78, 5) is 1.69. The topological polar surface area (TPSA) is 62.2 Å². The zero-order valence-electron chi connectivity index (χ0n) is 12.3. The Morgan fingerprint density at radius 3 is 1.72 bits per heavy atom. The Balaban J connectivity index is 4.94. The molecule has 0 fully saturated rings. The molecule has 0 saturated carbocycles. The van der Waals surface area contributed by atoms with Crippen molar-refractivity contribution >= 4 is 9.28 Å². The normalized spacial score (nSPS) is 17.2. The van der Waals surface area contributed by atoms with Crippen LogP contribution in [0.25, 0.3) is 0 Å². The van der Waals surface area contributed by atoms with Gasteiger partial charge < -0.3 is 19.1 Å². The van der Waals surface area contributed by atoms with E-state index in [1.807, 2.05) is 13.8 Å². The summed E-state index contributed by atoms with van der Waals surface area (Å²) in [6.07, 6.45) is 0.395. The first-order chi connectivity index (χ1) is 8.49. The van der Waals surface area contributed by atoms with Crippen LogP contribution in [-0.2, 0) is 8.85 Å². The quantitative estimate of drug-likeness (QED) is 0.461. The molecule has 0 heterocycles. The van der Waals surface area contributed by atoms with Crippen molar-refractivity contribution in [1.29, 1.82) is 0 Å². The third kappa shape index (κ3) is 5.77. The van der Waals surface area contributed by atoms with Gasteiger partial charge in [0.2, 0.25) is 0 Å². The molecule has 3 unspecified atom stereocenters. The van der Waals surface area contributed by atoms with Crippen molar-refractivity contribution in [3.05, 3.63) is 0 Å². The molecule has 2 N–H and O–H groups in total. The van der Waals surface area contributed by atoms with Crippen LogP contribution >= 0.6 is 0 Å². The van der Waals surface area contributed by atoms with Gasteiger partial charge in [-0.1, -0.05) is 13.3 Å². The second-order valence-corrected chi connectivity index (χ2v) is 6.52. The van der Waals surface area contributed by atoms with Crippen LogP contribution < -0.4 is 0 Å². The average Bonchev–Trinajstić information content (AvgIpc) is 2.27. The minimum Gasteiger partial charge on any atom is -0.396 e. The minimum absolute atomic E-state index is 0.0186. The SMILES string of the molecule is CCCC(N(C(C)O)C(C)O)[SiH](OCC)OCC. The molecule has 0 aromatic heterocycles. The predicted octanol–water partition coefficient (Wildman–Crippen LogP) is 0.966. The van der Waals surface area contributed by atoms with Crippen LogP contribution in [0.15, 0.2) is 0 Å². The summed E-state index contributed by atoms with van der Waals surface area (Å²) in [5.41, 5.74) is -0.0186. The smallest absolute Gasteiger partial charge is 0.339 e. The minimum atomic E-state index is -1.93. The number of aliphatic hydroxyl groups is 2. The molecule has 0 radical (unpaired) electrons. The Hall–Kier alpha value is 0.0169. The largest absolute Gasteiger partial charge is 0.396 e. The lowest BCUT2D eigenvalue weighted by atomic mass is 10.3. The summed E-state index contributed by atoms with van der Waals surface area (Å²) in [7, 11) is -1.93. The molecule has 0 rings (SSSR count). The van der Waals surface area contributed by atoms with Gasteiger partial charge in [0.25, 0.3) is 0 Å². The van der Waals surface area contributed by atoms with E-state index in [2.05, 4.69) is 6.92 Å². The van der Waals surface area contributed by atoms with E-state index in [-0.39, 0.29) is 5.67 Å². The lowest BCUT2D eigenvalue weighted by Gasteiger charge is -2.38. The third-order valence-corrected chi connectivity index (χ3v) is 5.44. The van der Waals surface area contributed by atoms with Gasteiger partial charge in [-0.2, -0.15) is 0 Å². The van der Waals surface area contributed by atoms with E-state index in [1.165, 1.54) is 0 Å². The number of rotatable bonds is 10. The van der Waals surface area contributed by atoms with Crippen molar-refractivity contribution in [2.75, 3.05) is 13.2 Å². The van der Waals surface area contributed by atoms with Gasteiger partial charge in [-0.25, -0.2) is 4.90 Å². The van der Waals surface area contributed by atoms with Gasteiger partial charge in [-0.15, -0.1) is 0 Å². The fraction of sp³-hybridized carbons (Fsp3) is 1.00. The van der Waals surface area contributed by atoms with E-state index < -0.39 is 21.7 Å². The number of hydrogen-bond donors (Lipinski definition) is 2. The van der Waals surface area contributed by atoms with Gasteiger partial charge in [0, 0.05) is 13.2 Å².